The Morgan fingerprint density at radius 1 is 1.20 bits per heavy atom. The summed E-state index contributed by atoms with van der Waals surface area (Å²) in [5.74, 6) is 0. The van der Waals surface area contributed by atoms with Crippen molar-refractivity contribution in [3.8, 4) is 0 Å². The minimum absolute atomic E-state index is 0.406. The van der Waals surface area contributed by atoms with Gasteiger partial charge in [0.15, 0.2) is 4.07 Å². The number of aliphatic hydroxyl groups excluding tert-OH is 1. The number of alkyl halides is 2. The quantitative estimate of drug-likeness (QED) is 0.623. The molecule has 15 heavy (non-hydrogen) atoms. The fourth-order valence-corrected chi connectivity index (χ4v) is 5.60. The summed E-state index contributed by atoms with van der Waals surface area (Å²) in [6.45, 7) is 9.06. The molecule has 0 aliphatic rings. The first-order valence-corrected chi connectivity index (χ1v) is 8.00. The number of hydrogen-bond donors (Lipinski definition) is 1. The van der Waals surface area contributed by atoms with Gasteiger partial charge in [0.25, 0.3) is 0 Å². The lowest BCUT2D eigenvalue weighted by Crippen LogP contribution is -2.42. The zero-order valence-electron chi connectivity index (χ0n) is 10.1. The smallest absolute Gasteiger partial charge is 0.196 e. The van der Waals surface area contributed by atoms with Crippen LogP contribution in [-0.4, -0.2) is 27.6 Å². The summed E-state index contributed by atoms with van der Waals surface area (Å²) in [5.41, 5.74) is -0.483. The molecule has 0 saturated heterocycles. The van der Waals surface area contributed by atoms with Crippen LogP contribution in [0.25, 0.3) is 0 Å². The predicted molar refractivity (Wildman–Crippen MR) is 68.6 cm³/mol. The zero-order chi connectivity index (χ0) is 12.5. The number of aliphatic hydroxyl groups is 1. The second-order valence-electron chi connectivity index (χ2n) is 4.88. The molecule has 1 atom stereocenters. The Morgan fingerprint density at radius 2 is 1.53 bits per heavy atom. The normalized spacial score (nSPS) is 16.5. The Balaban J connectivity index is 5.21. The van der Waals surface area contributed by atoms with Gasteiger partial charge in [0.1, 0.15) is 7.14 Å². The predicted octanol–water partition coefficient (Wildman–Crippen LogP) is 3.93. The molecule has 1 unspecified atom stereocenters. The minimum Gasteiger partial charge on any atom is -0.389 e. The van der Waals surface area contributed by atoms with Crippen molar-refractivity contribution < 1.29 is 9.67 Å². The lowest BCUT2D eigenvalue weighted by atomic mass is 9.90. The number of hydrogen-bond acceptors (Lipinski definition) is 2. The molecule has 0 aliphatic carbocycles. The van der Waals surface area contributed by atoms with Gasteiger partial charge in [-0.25, -0.2) is 0 Å². The molecule has 1 N–H and O–H groups in total. The molecule has 0 aromatic carbocycles. The first-order valence-electron chi connectivity index (χ1n) is 5.17. The average molecular weight is 275 g/mol. The van der Waals surface area contributed by atoms with Crippen molar-refractivity contribution in [2.24, 2.45) is 5.41 Å². The molecule has 0 radical (unpaired) electrons. The summed E-state index contributed by atoms with van der Waals surface area (Å²) in [6, 6.07) is 0. The Hall–Kier alpha value is 0.770. The molecule has 0 amide bonds. The van der Waals surface area contributed by atoms with Crippen molar-refractivity contribution >= 4 is 30.3 Å². The Bertz CT molecular complexity index is 251. The average Bonchev–Trinajstić information content (AvgIpc) is 2.13. The largest absolute Gasteiger partial charge is 0.389 e. The Kier molecular flexibility index (Phi) is 5.21. The third kappa shape index (κ3) is 3.12. The highest BCUT2D eigenvalue weighted by Gasteiger charge is 2.52. The summed E-state index contributed by atoms with van der Waals surface area (Å²) in [5, 5.41) is 10.1. The molecule has 0 saturated carbocycles. The van der Waals surface area contributed by atoms with Gasteiger partial charge in [-0.05, 0) is 5.41 Å². The van der Waals surface area contributed by atoms with Gasteiger partial charge in [-0.15, -0.1) is 0 Å². The second kappa shape index (κ2) is 4.96. The van der Waals surface area contributed by atoms with Crippen LogP contribution in [0.1, 0.15) is 34.6 Å². The van der Waals surface area contributed by atoms with Crippen molar-refractivity contribution in [2.45, 2.75) is 44.8 Å². The summed E-state index contributed by atoms with van der Waals surface area (Å²) < 4.78 is 10.9. The second-order valence-corrected chi connectivity index (χ2v) is 10.5. The molecule has 92 valence electrons. The molecule has 0 aliphatic heterocycles. The maximum atomic E-state index is 12.4. The van der Waals surface area contributed by atoms with Crippen LogP contribution in [0, 0.1) is 5.41 Å². The van der Waals surface area contributed by atoms with Crippen molar-refractivity contribution in [1.82, 2.24) is 0 Å². The van der Waals surface area contributed by atoms with E-state index in [1.54, 1.807) is 13.8 Å². The molecule has 0 spiro atoms. The Labute approximate surface area is 103 Å². The van der Waals surface area contributed by atoms with Crippen molar-refractivity contribution in [3.05, 3.63) is 0 Å². The van der Waals surface area contributed by atoms with Gasteiger partial charge < -0.3 is 9.67 Å². The summed E-state index contributed by atoms with van der Waals surface area (Å²) >= 11 is 12.3. The SMILES string of the molecule is CCP(=O)(CC)C(Cl)(Cl)C(O)C(C)(C)C. The lowest BCUT2D eigenvalue weighted by molar-refractivity contribution is 0.0656. The first kappa shape index (κ1) is 15.8. The van der Waals surface area contributed by atoms with Gasteiger partial charge in [0.2, 0.25) is 0 Å². The highest BCUT2D eigenvalue weighted by molar-refractivity contribution is 7.69. The maximum Gasteiger partial charge on any atom is 0.196 e. The molecule has 0 fully saturated rings. The van der Waals surface area contributed by atoms with Crippen molar-refractivity contribution in [2.75, 3.05) is 12.3 Å². The van der Waals surface area contributed by atoms with Crippen LogP contribution in [0.5, 0.6) is 0 Å². The third-order valence-corrected chi connectivity index (χ3v) is 8.35. The molecule has 0 rings (SSSR count). The Morgan fingerprint density at radius 3 is 1.73 bits per heavy atom. The van der Waals surface area contributed by atoms with E-state index >= 15 is 0 Å². The number of halogens is 2. The topological polar surface area (TPSA) is 37.3 Å². The fourth-order valence-electron chi connectivity index (χ4n) is 1.39. The van der Waals surface area contributed by atoms with Crippen LogP contribution in [-0.2, 0) is 4.57 Å². The van der Waals surface area contributed by atoms with Crippen LogP contribution in [0.3, 0.4) is 0 Å². The number of rotatable bonds is 4. The molecular formula is C10H21Cl2O2P. The van der Waals surface area contributed by atoms with E-state index < -0.39 is 22.7 Å². The molecule has 0 aromatic heterocycles. The van der Waals surface area contributed by atoms with Crippen LogP contribution in [0.2, 0.25) is 0 Å². The van der Waals surface area contributed by atoms with E-state index in [1.165, 1.54) is 0 Å². The van der Waals surface area contributed by atoms with Crippen LogP contribution >= 0.6 is 30.3 Å². The van der Waals surface area contributed by atoms with Crippen molar-refractivity contribution in [1.29, 1.82) is 0 Å². The van der Waals surface area contributed by atoms with E-state index in [2.05, 4.69) is 0 Å². The van der Waals surface area contributed by atoms with E-state index in [-0.39, 0.29) is 0 Å². The molecule has 0 aromatic rings. The highest BCUT2D eigenvalue weighted by atomic mass is 35.5. The van der Waals surface area contributed by atoms with Gasteiger partial charge in [0.05, 0.1) is 6.10 Å². The van der Waals surface area contributed by atoms with Gasteiger partial charge >= 0.3 is 0 Å². The maximum absolute atomic E-state index is 12.4. The van der Waals surface area contributed by atoms with Crippen molar-refractivity contribution in [3.63, 3.8) is 0 Å². The first-order chi connectivity index (χ1) is 6.53. The van der Waals surface area contributed by atoms with Crippen LogP contribution in [0.4, 0.5) is 0 Å². The van der Waals surface area contributed by atoms with E-state index in [1.807, 2.05) is 20.8 Å². The fraction of sp³-hybridized carbons (Fsp3) is 1.00. The van der Waals surface area contributed by atoms with Gasteiger partial charge in [-0.2, -0.15) is 0 Å². The van der Waals surface area contributed by atoms with Crippen LogP contribution in [0.15, 0.2) is 0 Å². The van der Waals surface area contributed by atoms with E-state index in [0.717, 1.165) is 0 Å². The van der Waals surface area contributed by atoms with Gasteiger partial charge in [-0.1, -0.05) is 57.8 Å². The van der Waals surface area contributed by atoms with E-state index in [4.69, 9.17) is 23.2 Å². The molecule has 2 nitrogen and oxygen atoms in total. The summed E-state index contributed by atoms with van der Waals surface area (Å²) in [7, 11) is -2.76. The standard InChI is InChI=1S/C10H21Cl2O2P/c1-6-15(14,7-2)10(11,12)8(13)9(3,4)5/h8,13H,6-7H2,1-5H3. The summed E-state index contributed by atoms with van der Waals surface area (Å²) in [4.78, 5) is 0. The summed E-state index contributed by atoms with van der Waals surface area (Å²) in [6.07, 6.45) is -0.188. The van der Waals surface area contributed by atoms with E-state index in [9.17, 15) is 9.67 Å². The zero-order valence-corrected chi connectivity index (χ0v) is 12.5. The van der Waals surface area contributed by atoms with Crippen LogP contribution < -0.4 is 0 Å². The lowest BCUT2D eigenvalue weighted by Gasteiger charge is -2.39. The molecule has 5 heteroatoms. The molecular weight excluding hydrogens is 254 g/mol. The molecule has 0 bridgehead atoms. The third-order valence-electron chi connectivity index (χ3n) is 2.71. The highest BCUT2D eigenvalue weighted by Crippen LogP contribution is 2.65. The van der Waals surface area contributed by atoms with Gasteiger partial charge in [-0.3, -0.25) is 0 Å². The minimum atomic E-state index is -2.76. The van der Waals surface area contributed by atoms with E-state index in [0.29, 0.717) is 12.3 Å². The van der Waals surface area contributed by atoms with Gasteiger partial charge in [0, 0.05) is 12.3 Å². The monoisotopic (exact) mass is 274 g/mol. The molecule has 0 heterocycles.